The van der Waals surface area contributed by atoms with Crippen LogP contribution in [0.1, 0.15) is 26.3 Å². The summed E-state index contributed by atoms with van der Waals surface area (Å²) in [5, 5.41) is 7.14. The lowest BCUT2D eigenvalue weighted by Crippen LogP contribution is -2.32. The molecule has 0 unspecified atom stereocenters. The summed E-state index contributed by atoms with van der Waals surface area (Å²) >= 11 is 12.2. The maximum atomic E-state index is 13.7. The van der Waals surface area contributed by atoms with Crippen molar-refractivity contribution in [2.45, 2.75) is 6.42 Å². The van der Waals surface area contributed by atoms with E-state index in [0.29, 0.717) is 35.7 Å². The van der Waals surface area contributed by atoms with Crippen LogP contribution in [-0.2, 0) is 6.42 Å². The van der Waals surface area contributed by atoms with Gasteiger partial charge in [0.2, 0.25) is 0 Å². The second-order valence-electron chi connectivity index (χ2n) is 7.87. The van der Waals surface area contributed by atoms with E-state index in [9.17, 15) is 9.59 Å². The zero-order chi connectivity index (χ0) is 24.5. The molecule has 3 aromatic carbocycles. The van der Waals surface area contributed by atoms with Crippen LogP contribution in [-0.4, -0.2) is 30.6 Å². The van der Waals surface area contributed by atoms with E-state index in [1.807, 2.05) is 24.3 Å². The summed E-state index contributed by atoms with van der Waals surface area (Å²) in [6.07, 6.45) is 2.28. The molecule has 0 saturated carbocycles. The van der Waals surface area contributed by atoms with Gasteiger partial charge in [-0.1, -0.05) is 46.6 Å². The van der Waals surface area contributed by atoms with Gasteiger partial charge in [0.1, 0.15) is 5.75 Å². The minimum Gasteiger partial charge on any atom is -0.496 e. The van der Waals surface area contributed by atoms with Crippen molar-refractivity contribution in [1.82, 2.24) is 5.16 Å². The molecule has 7 nitrogen and oxygen atoms in total. The van der Waals surface area contributed by atoms with Crippen molar-refractivity contribution >= 4 is 46.4 Å². The number of aromatic nitrogens is 1. The monoisotopic (exact) mass is 507 g/mol. The molecule has 0 aliphatic carbocycles. The van der Waals surface area contributed by atoms with Gasteiger partial charge >= 0.3 is 0 Å². The Hall–Kier alpha value is -3.81. The van der Waals surface area contributed by atoms with E-state index in [4.69, 9.17) is 32.5 Å². The number of benzene rings is 3. The number of nitrogens with one attached hydrogen (secondary N) is 1. The molecule has 0 bridgehead atoms. The summed E-state index contributed by atoms with van der Waals surface area (Å²) < 4.78 is 11.0. The Labute approximate surface area is 211 Å². The molecule has 9 heteroatoms. The number of carbonyl (C=O) groups is 2. The summed E-state index contributed by atoms with van der Waals surface area (Å²) in [5.41, 5.74) is 3.51. The number of methoxy groups -OCH3 is 1. The highest BCUT2D eigenvalue weighted by Crippen LogP contribution is 2.38. The van der Waals surface area contributed by atoms with Gasteiger partial charge < -0.3 is 19.5 Å². The average Bonchev–Trinajstić information content (AvgIpc) is 3.28. The van der Waals surface area contributed by atoms with Gasteiger partial charge in [-0.15, -0.1) is 0 Å². The van der Waals surface area contributed by atoms with Gasteiger partial charge in [-0.05, 0) is 42.8 Å². The number of ether oxygens (including phenoxy) is 1. The molecule has 0 radical (unpaired) electrons. The molecule has 2 amide bonds. The summed E-state index contributed by atoms with van der Waals surface area (Å²) in [7, 11) is 1.47. The summed E-state index contributed by atoms with van der Waals surface area (Å²) in [5.74, 6) is 0.330. The third-order valence-corrected chi connectivity index (χ3v) is 6.64. The van der Waals surface area contributed by atoms with Crippen molar-refractivity contribution in [2.75, 3.05) is 23.9 Å². The van der Waals surface area contributed by atoms with E-state index < -0.39 is 5.91 Å². The lowest BCUT2D eigenvalue weighted by molar-refractivity contribution is 0.0983. The van der Waals surface area contributed by atoms with E-state index in [1.165, 1.54) is 7.11 Å². The molecular formula is C26H19Cl2N3O4. The maximum Gasteiger partial charge on any atom is 0.262 e. The van der Waals surface area contributed by atoms with Crippen LogP contribution >= 0.6 is 23.2 Å². The van der Waals surface area contributed by atoms with Gasteiger partial charge in [0.05, 0.1) is 40.2 Å². The Morgan fingerprint density at radius 2 is 1.89 bits per heavy atom. The van der Waals surface area contributed by atoms with E-state index >= 15 is 0 Å². The van der Waals surface area contributed by atoms with Crippen molar-refractivity contribution in [1.29, 1.82) is 0 Å². The number of para-hydroxylation sites is 1. The van der Waals surface area contributed by atoms with Crippen LogP contribution in [0.2, 0.25) is 10.0 Å². The van der Waals surface area contributed by atoms with E-state index in [0.717, 1.165) is 16.8 Å². The van der Waals surface area contributed by atoms with E-state index in [-0.39, 0.29) is 21.5 Å². The van der Waals surface area contributed by atoms with Crippen LogP contribution < -0.4 is 15.0 Å². The molecule has 35 heavy (non-hydrogen) atoms. The molecule has 1 aliphatic rings. The van der Waals surface area contributed by atoms with Crippen molar-refractivity contribution in [3.8, 4) is 17.1 Å². The number of halogens is 2. The molecule has 1 aliphatic heterocycles. The van der Waals surface area contributed by atoms with Crippen LogP contribution in [0, 0.1) is 0 Å². The third-order valence-electron chi connectivity index (χ3n) is 5.82. The summed E-state index contributed by atoms with van der Waals surface area (Å²) in [4.78, 5) is 28.1. The fourth-order valence-corrected chi connectivity index (χ4v) is 4.48. The minimum absolute atomic E-state index is 0.166. The fourth-order valence-electron chi connectivity index (χ4n) is 4.09. The predicted octanol–water partition coefficient (Wildman–Crippen LogP) is 6.11. The van der Waals surface area contributed by atoms with Gasteiger partial charge in [0, 0.05) is 29.4 Å². The van der Waals surface area contributed by atoms with Gasteiger partial charge in [-0.3, -0.25) is 9.59 Å². The molecule has 0 fully saturated rings. The first-order valence-electron chi connectivity index (χ1n) is 10.8. The van der Waals surface area contributed by atoms with E-state index in [1.54, 1.807) is 47.5 Å². The molecule has 5 rings (SSSR count). The number of carbonyl (C=O) groups excluding carboxylic acids is 2. The topological polar surface area (TPSA) is 84.7 Å². The number of rotatable bonds is 4. The highest BCUT2D eigenvalue weighted by molar-refractivity contribution is 6.44. The number of hydrogen-bond acceptors (Lipinski definition) is 5. The van der Waals surface area contributed by atoms with Gasteiger partial charge in [-0.2, -0.15) is 0 Å². The Morgan fingerprint density at radius 1 is 1.06 bits per heavy atom. The second-order valence-corrected chi connectivity index (χ2v) is 8.66. The molecule has 4 aromatic rings. The molecular weight excluding hydrogens is 489 g/mol. The molecule has 0 saturated heterocycles. The average molecular weight is 508 g/mol. The quantitative estimate of drug-likeness (QED) is 0.360. The number of amides is 2. The van der Waals surface area contributed by atoms with Crippen molar-refractivity contribution < 1.29 is 18.8 Å². The number of fused-ring (bicyclic) bond motifs is 3. The van der Waals surface area contributed by atoms with Crippen LogP contribution in [0.4, 0.5) is 11.4 Å². The maximum absolute atomic E-state index is 13.7. The lowest BCUT2D eigenvalue weighted by atomic mass is 10.1. The van der Waals surface area contributed by atoms with Gasteiger partial charge in [0.15, 0.2) is 5.76 Å². The molecule has 176 valence electrons. The lowest BCUT2D eigenvalue weighted by Gasteiger charge is -2.24. The number of nitrogens with zero attached hydrogens (tertiary/aromatic N) is 2. The van der Waals surface area contributed by atoms with Crippen molar-refractivity contribution in [2.24, 2.45) is 0 Å². The molecule has 0 atom stereocenters. The SMILES string of the molecule is COc1cc(NC(=O)c2cccc(Cl)c2Cl)ccc1C(=O)N1CCc2cnoc2-c2ccccc21. The number of anilines is 2. The van der Waals surface area contributed by atoms with Crippen LogP contribution in [0.5, 0.6) is 5.75 Å². The fraction of sp³-hybridized carbons (Fsp3) is 0.115. The predicted molar refractivity (Wildman–Crippen MR) is 135 cm³/mol. The van der Waals surface area contributed by atoms with Gasteiger partial charge in [-0.25, -0.2) is 0 Å². The second kappa shape index (κ2) is 9.44. The highest BCUT2D eigenvalue weighted by atomic mass is 35.5. The van der Waals surface area contributed by atoms with Crippen LogP contribution in [0.25, 0.3) is 11.3 Å². The smallest absolute Gasteiger partial charge is 0.262 e. The number of hydrogen-bond donors (Lipinski definition) is 1. The Kier molecular flexibility index (Phi) is 6.19. The molecule has 2 heterocycles. The van der Waals surface area contributed by atoms with Crippen LogP contribution in [0.3, 0.4) is 0 Å². The Morgan fingerprint density at radius 3 is 2.71 bits per heavy atom. The van der Waals surface area contributed by atoms with Crippen LogP contribution in [0.15, 0.2) is 71.4 Å². The first kappa shape index (κ1) is 23.0. The summed E-state index contributed by atoms with van der Waals surface area (Å²) in [6, 6.07) is 17.2. The molecule has 1 N–H and O–H groups in total. The van der Waals surface area contributed by atoms with Gasteiger partial charge in [0.25, 0.3) is 11.8 Å². The third kappa shape index (κ3) is 4.24. The zero-order valence-corrected chi connectivity index (χ0v) is 20.1. The first-order valence-corrected chi connectivity index (χ1v) is 11.5. The Balaban J connectivity index is 1.45. The molecule has 1 aromatic heterocycles. The highest BCUT2D eigenvalue weighted by Gasteiger charge is 2.28. The van der Waals surface area contributed by atoms with Crippen molar-refractivity contribution in [3.05, 3.63) is 93.6 Å². The standard InChI is InChI=1S/C26H19Cl2N3O4/c1-34-22-13-16(30-25(32)19-6-4-7-20(27)23(19)28)9-10-18(22)26(33)31-12-11-15-14-29-35-24(15)17-5-2-3-8-21(17)31/h2-10,13-14H,11-12H2,1H3,(H,30,32). The normalized spacial score (nSPS) is 12.4. The largest absolute Gasteiger partial charge is 0.496 e. The minimum atomic E-state index is -0.428. The summed E-state index contributed by atoms with van der Waals surface area (Å²) in [6.45, 7) is 0.443. The molecule has 0 spiro atoms. The Bertz CT molecular complexity index is 1450. The zero-order valence-electron chi connectivity index (χ0n) is 18.5. The first-order chi connectivity index (χ1) is 17.0. The van der Waals surface area contributed by atoms with Crippen molar-refractivity contribution in [3.63, 3.8) is 0 Å². The van der Waals surface area contributed by atoms with E-state index in [2.05, 4.69) is 10.5 Å².